The van der Waals surface area contributed by atoms with Crippen LogP contribution in [-0.2, 0) is 16.1 Å². The number of amides is 2. The van der Waals surface area contributed by atoms with Crippen LogP contribution in [0.2, 0.25) is 5.28 Å². The first-order valence-electron chi connectivity index (χ1n) is 9.97. The Morgan fingerprint density at radius 3 is 2.61 bits per heavy atom. The number of rotatable bonds is 5. The number of ether oxygens (including phenoxy) is 1. The zero-order chi connectivity index (χ0) is 21.6. The van der Waals surface area contributed by atoms with Crippen LogP contribution in [0.3, 0.4) is 0 Å². The van der Waals surface area contributed by atoms with Crippen LogP contribution in [0.1, 0.15) is 18.4 Å². The van der Waals surface area contributed by atoms with Crippen LogP contribution in [0.25, 0.3) is 11.3 Å². The molecule has 0 unspecified atom stereocenters. The van der Waals surface area contributed by atoms with E-state index in [9.17, 15) is 9.59 Å². The summed E-state index contributed by atoms with van der Waals surface area (Å²) in [7, 11) is 0. The molecule has 1 aliphatic heterocycles. The lowest BCUT2D eigenvalue weighted by Gasteiger charge is -2.23. The van der Waals surface area contributed by atoms with E-state index in [4.69, 9.17) is 16.3 Å². The zero-order valence-electron chi connectivity index (χ0n) is 16.7. The van der Waals surface area contributed by atoms with Crippen molar-refractivity contribution >= 4 is 29.3 Å². The van der Waals surface area contributed by atoms with Gasteiger partial charge in [-0.15, -0.1) is 0 Å². The number of carbonyl (C=O) groups is 2. The Morgan fingerprint density at radius 1 is 1.10 bits per heavy atom. The van der Waals surface area contributed by atoms with Gasteiger partial charge in [0, 0.05) is 24.0 Å². The maximum Gasteiger partial charge on any atom is 0.410 e. The molecule has 1 aromatic heterocycles. The molecular formula is C23H21ClN4O3. The summed E-state index contributed by atoms with van der Waals surface area (Å²) < 4.78 is 5.40. The molecule has 7 nitrogen and oxygen atoms in total. The van der Waals surface area contributed by atoms with Gasteiger partial charge in [0.1, 0.15) is 12.6 Å². The SMILES string of the molecule is O=C(Nc1ccc(-c2ccnc(Cl)n2)cc1)[C@H]1CCCN1C(=O)OCc1ccccc1. The van der Waals surface area contributed by atoms with Gasteiger partial charge in [-0.3, -0.25) is 9.69 Å². The fourth-order valence-electron chi connectivity index (χ4n) is 3.51. The van der Waals surface area contributed by atoms with E-state index in [1.807, 2.05) is 42.5 Å². The second kappa shape index (κ2) is 9.57. The Balaban J connectivity index is 1.36. The maximum absolute atomic E-state index is 12.8. The van der Waals surface area contributed by atoms with Crippen LogP contribution < -0.4 is 5.32 Å². The van der Waals surface area contributed by atoms with E-state index in [0.717, 1.165) is 17.5 Å². The van der Waals surface area contributed by atoms with Gasteiger partial charge < -0.3 is 10.1 Å². The molecule has 1 fully saturated rings. The zero-order valence-corrected chi connectivity index (χ0v) is 17.5. The Hall–Kier alpha value is -3.45. The third-order valence-electron chi connectivity index (χ3n) is 5.07. The van der Waals surface area contributed by atoms with Gasteiger partial charge >= 0.3 is 6.09 Å². The van der Waals surface area contributed by atoms with E-state index in [2.05, 4.69) is 15.3 Å². The van der Waals surface area contributed by atoms with Gasteiger partial charge in [-0.2, -0.15) is 0 Å². The molecule has 3 aromatic rings. The number of aromatic nitrogens is 2. The van der Waals surface area contributed by atoms with Crippen molar-refractivity contribution in [3.63, 3.8) is 0 Å². The Labute approximate surface area is 185 Å². The van der Waals surface area contributed by atoms with Gasteiger partial charge in [0.15, 0.2) is 0 Å². The molecule has 1 aliphatic rings. The van der Waals surface area contributed by atoms with Crippen molar-refractivity contribution in [2.24, 2.45) is 0 Å². The predicted octanol–water partition coefficient (Wildman–Crippen LogP) is 4.54. The minimum absolute atomic E-state index is 0.176. The summed E-state index contributed by atoms with van der Waals surface area (Å²) in [5.41, 5.74) is 3.09. The first-order valence-corrected chi connectivity index (χ1v) is 10.3. The molecule has 0 aliphatic carbocycles. The van der Waals surface area contributed by atoms with Crippen LogP contribution in [0, 0.1) is 0 Å². The molecule has 31 heavy (non-hydrogen) atoms. The number of hydrogen-bond donors (Lipinski definition) is 1. The maximum atomic E-state index is 12.8. The van der Waals surface area contributed by atoms with Crippen molar-refractivity contribution < 1.29 is 14.3 Å². The highest BCUT2D eigenvalue weighted by Gasteiger charge is 2.35. The summed E-state index contributed by atoms with van der Waals surface area (Å²) in [6.45, 7) is 0.679. The molecule has 158 valence electrons. The molecule has 2 aromatic carbocycles. The highest BCUT2D eigenvalue weighted by atomic mass is 35.5. The van der Waals surface area contributed by atoms with E-state index in [1.165, 1.54) is 4.90 Å². The predicted molar refractivity (Wildman–Crippen MR) is 117 cm³/mol. The van der Waals surface area contributed by atoms with Crippen LogP contribution in [0.5, 0.6) is 0 Å². The highest BCUT2D eigenvalue weighted by molar-refractivity contribution is 6.28. The van der Waals surface area contributed by atoms with Crippen molar-refractivity contribution in [2.45, 2.75) is 25.5 Å². The highest BCUT2D eigenvalue weighted by Crippen LogP contribution is 2.23. The van der Waals surface area contributed by atoms with Crippen molar-refractivity contribution in [1.29, 1.82) is 0 Å². The topological polar surface area (TPSA) is 84.4 Å². The molecule has 0 radical (unpaired) electrons. The second-order valence-corrected chi connectivity index (χ2v) is 7.51. The summed E-state index contributed by atoms with van der Waals surface area (Å²) in [6.07, 6.45) is 2.47. The molecule has 1 N–H and O–H groups in total. The van der Waals surface area contributed by atoms with Crippen molar-refractivity contribution in [1.82, 2.24) is 14.9 Å². The molecule has 2 amide bonds. The van der Waals surface area contributed by atoms with E-state index in [1.54, 1.807) is 24.4 Å². The normalized spacial score (nSPS) is 15.5. The van der Waals surface area contributed by atoms with Crippen molar-refractivity contribution in [3.05, 3.63) is 77.7 Å². The molecule has 1 atom stereocenters. The monoisotopic (exact) mass is 436 g/mol. The van der Waals surface area contributed by atoms with Crippen molar-refractivity contribution in [3.8, 4) is 11.3 Å². The van der Waals surface area contributed by atoms with Gasteiger partial charge in [0.2, 0.25) is 11.2 Å². The lowest BCUT2D eigenvalue weighted by atomic mass is 10.1. The van der Waals surface area contributed by atoms with Gasteiger partial charge in [-0.05, 0) is 48.2 Å². The number of anilines is 1. The summed E-state index contributed by atoms with van der Waals surface area (Å²) in [5.74, 6) is -0.230. The lowest BCUT2D eigenvalue weighted by Crippen LogP contribution is -2.43. The molecule has 0 bridgehead atoms. The largest absolute Gasteiger partial charge is 0.445 e. The van der Waals surface area contributed by atoms with E-state index in [-0.39, 0.29) is 17.8 Å². The number of hydrogen-bond acceptors (Lipinski definition) is 5. The van der Waals surface area contributed by atoms with Gasteiger partial charge in [-0.25, -0.2) is 14.8 Å². The Kier molecular flexibility index (Phi) is 6.43. The summed E-state index contributed by atoms with van der Waals surface area (Å²) >= 11 is 5.84. The fraction of sp³-hybridized carbons (Fsp3) is 0.217. The van der Waals surface area contributed by atoms with E-state index >= 15 is 0 Å². The average Bonchev–Trinajstić information content (AvgIpc) is 3.29. The summed E-state index contributed by atoms with van der Waals surface area (Å²) in [6, 6.07) is 17.9. The van der Waals surface area contributed by atoms with Crippen LogP contribution in [-0.4, -0.2) is 39.5 Å². The van der Waals surface area contributed by atoms with Gasteiger partial charge in [0.25, 0.3) is 0 Å². The van der Waals surface area contributed by atoms with Crippen LogP contribution in [0.4, 0.5) is 10.5 Å². The molecule has 4 rings (SSSR count). The van der Waals surface area contributed by atoms with E-state index in [0.29, 0.717) is 24.3 Å². The Morgan fingerprint density at radius 2 is 1.87 bits per heavy atom. The lowest BCUT2D eigenvalue weighted by molar-refractivity contribution is -0.120. The van der Waals surface area contributed by atoms with Crippen LogP contribution >= 0.6 is 11.6 Å². The molecular weight excluding hydrogens is 416 g/mol. The van der Waals surface area contributed by atoms with E-state index < -0.39 is 12.1 Å². The molecule has 0 spiro atoms. The first kappa shape index (κ1) is 20.8. The number of nitrogens with zero attached hydrogens (tertiary/aromatic N) is 3. The number of carbonyl (C=O) groups excluding carboxylic acids is 2. The third-order valence-corrected chi connectivity index (χ3v) is 5.25. The third kappa shape index (κ3) is 5.19. The standard InChI is InChI=1S/C23H21ClN4O3/c24-22-25-13-12-19(27-22)17-8-10-18(11-9-17)26-21(29)20-7-4-14-28(20)23(30)31-15-16-5-2-1-3-6-16/h1-3,5-6,8-13,20H,4,7,14-15H2,(H,26,29)/t20-/m1/s1. The summed E-state index contributed by atoms with van der Waals surface area (Å²) in [4.78, 5) is 34.9. The molecule has 2 heterocycles. The first-order chi connectivity index (χ1) is 15.1. The number of nitrogens with one attached hydrogen (secondary N) is 1. The smallest absolute Gasteiger partial charge is 0.410 e. The van der Waals surface area contributed by atoms with Crippen LogP contribution in [0.15, 0.2) is 66.9 Å². The minimum Gasteiger partial charge on any atom is -0.445 e. The molecule has 1 saturated heterocycles. The Bertz CT molecular complexity index is 1060. The van der Waals surface area contributed by atoms with Gasteiger partial charge in [-0.1, -0.05) is 42.5 Å². The molecule has 8 heteroatoms. The number of likely N-dealkylation sites (tertiary alicyclic amines) is 1. The number of halogens is 1. The summed E-state index contributed by atoms with van der Waals surface area (Å²) in [5, 5.41) is 3.06. The molecule has 0 saturated carbocycles. The minimum atomic E-state index is -0.552. The van der Waals surface area contributed by atoms with Gasteiger partial charge in [0.05, 0.1) is 5.69 Å². The van der Waals surface area contributed by atoms with Crippen molar-refractivity contribution in [2.75, 3.05) is 11.9 Å². The fourth-order valence-corrected chi connectivity index (χ4v) is 3.65. The number of benzene rings is 2. The average molecular weight is 437 g/mol. The quantitative estimate of drug-likeness (QED) is 0.593. The second-order valence-electron chi connectivity index (χ2n) is 7.17.